The average molecular weight is 305 g/mol. The van der Waals surface area contributed by atoms with E-state index < -0.39 is 15.1 Å². The Morgan fingerprint density at radius 3 is 2.43 bits per heavy atom. The van der Waals surface area contributed by atoms with Gasteiger partial charge >= 0.3 is 0 Å². The van der Waals surface area contributed by atoms with Crippen molar-refractivity contribution in [2.24, 2.45) is 5.73 Å². The van der Waals surface area contributed by atoms with E-state index in [2.05, 4.69) is 0 Å². The van der Waals surface area contributed by atoms with Crippen LogP contribution in [0.2, 0.25) is 0 Å². The summed E-state index contributed by atoms with van der Waals surface area (Å²) in [6.07, 6.45) is 0.366. The summed E-state index contributed by atoms with van der Waals surface area (Å²) < 4.78 is 30.4. The van der Waals surface area contributed by atoms with Crippen molar-refractivity contribution in [2.75, 3.05) is 13.7 Å². The van der Waals surface area contributed by atoms with E-state index in [0.717, 1.165) is 5.56 Å². The Morgan fingerprint density at radius 2 is 1.81 bits per heavy atom. The van der Waals surface area contributed by atoms with Crippen LogP contribution in [0.15, 0.2) is 59.5 Å². The van der Waals surface area contributed by atoms with Crippen molar-refractivity contribution >= 4 is 9.84 Å². The first-order valence-corrected chi connectivity index (χ1v) is 8.24. The van der Waals surface area contributed by atoms with Gasteiger partial charge in [0.25, 0.3) is 0 Å². The first-order chi connectivity index (χ1) is 10.1. The molecule has 5 heteroatoms. The van der Waals surface area contributed by atoms with Crippen LogP contribution in [0.4, 0.5) is 0 Å². The highest BCUT2D eigenvalue weighted by molar-refractivity contribution is 7.92. The van der Waals surface area contributed by atoms with E-state index in [1.807, 2.05) is 24.3 Å². The quantitative estimate of drug-likeness (QED) is 0.886. The summed E-state index contributed by atoms with van der Waals surface area (Å²) >= 11 is 0. The van der Waals surface area contributed by atoms with Crippen LogP contribution in [0.3, 0.4) is 0 Å². The minimum Gasteiger partial charge on any atom is -0.497 e. The molecule has 0 aliphatic rings. The molecule has 0 saturated heterocycles. The Labute approximate surface area is 125 Å². The topological polar surface area (TPSA) is 69.4 Å². The molecule has 0 spiro atoms. The van der Waals surface area contributed by atoms with Crippen molar-refractivity contribution in [3.63, 3.8) is 0 Å². The van der Waals surface area contributed by atoms with Crippen molar-refractivity contribution in [1.29, 1.82) is 0 Å². The molecule has 0 heterocycles. The monoisotopic (exact) mass is 305 g/mol. The van der Waals surface area contributed by atoms with Gasteiger partial charge in [0, 0.05) is 6.54 Å². The minimum atomic E-state index is -3.43. The van der Waals surface area contributed by atoms with Crippen LogP contribution in [0, 0.1) is 0 Å². The highest BCUT2D eigenvalue weighted by Crippen LogP contribution is 2.20. The van der Waals surface area contributed by atoms with Crippen molar-refractivity contribution in [3.8, 4) is 5.75 Å². The van der Waals surface area contributed by atoms with Crippen LogP contribution in [0.5, 0.6) is 5.75 Å². The first kappa shape index (κ1) is 15.5. The Bertz CT molecular complexity index is 684. The molecule has 0 aromatic heterocycles. The van der Waals surface area contributed by atoms with Gasteiger partial charge in [0.1, 0.15) is 5.75 Å². The molecule has 1 atom stereocenters. The lowest BCUT2D eigenvalue weighted by Crippen LogP contribution is -2.32. The Kier molecular flexibility index (Phi) is 4.98. The molecule has 2 rings (SSSR count). The van der Waals surface area contributed by atoms with E-state index in [9.17, 15) is 8.42 Å². The lowest BCUT2D eigenvalue weighted by Gasteiger charge is -2.16. The smallest absolute Gasteiger partial charge is 0.182 e. The van der Waals surface area contributed by atoms with Gasteiger partial charge in [0.15, 0.2) is 9.84 Å². The summed E-state index contributed by atoms with van der Waals surface area (Å²) in [5.74, 6) is 0.709. The second-order valence-electron chi connectivity index (χ2n) is 4.77. The molecule has 0 saturated carbocycles. The van der Waals surface area contributed by atoms with E-state index in [0.29, 0.717) is 17.1 Å². The maximum atomic E-state index is 12.6. The number of ether oxygens (including phenoxy) is 1. The zero-order valence-electron chi connectivity index (χ0n) is 11.9. The molecule has 4 nitrogen and oxygen atoms in total. The molecule has 0 aliphatic heterocycles. The molecule has 2 aromatic rings. The normalized spacial score (nSPS) is 12.9. The third-order valence-electron chi connectivity index (χ3n) is 3.37. The fraction of sp³-hybridized carbons (Fsp3) is 0.250. The molecule has 2 N–H and O–H groups in total. The van der Waals surface area contributed by atoms with Gasteiger partial charge in [0.05, 0.1) is 17.3 Å². The summed E-state index contributed by atoms with van der Waals surface area (Å²) in [5.41, 5.74) is 6.60. The Morgan fingerprint density at radius 1 is 1.10 bits per heavy atom. The highest BCUT2D eigenvalue weighted by Gasteiger charge is 2.26. The van der Waals surface area contributed by atoms with Gasteiger partial charge in [-0.3, -0.25) is 0 Å². The number of sulfone groups is 1. The molecular formula is C16H19NO3S. The van der Waals surface area contributed by atoms with E-state index in [1.165, 1.54) is 0 Å². The second kappa shape index (κ2) is 6.74. The Hall–Kier alpha value is -1.85. The fourth-order valence-corrected chi connectivity index (χ4v) is 3.77. The van der Waals surface area contributed by atoms with E-state index in [4.69, 9.17) is 10.5 Å². The SMILES string of the molecule is COc1cccc(CC(CN)S(=O)(=O)c2ccccc2)c1. The average Bonchev–Trinajstić information content (AvgIpc) is 2.53. The third-order valence-corrected chi connectivity index (χ3v) is 5.54. The maximum Gasteiger partial charge on any atom is 0.182 e. The summed E-state index contributed by atoms with van der Waals surface area (Å²) in [4.78, 5) is 0.309. The lowest BCUT2D eigenvalue weighted by atomic mass is 10.1. The number of hydrogen-bond acceptors (Lipinski definition) is 4. The van der Waals surface area contributed by atoms with E-state index >= 15 is 0 Å². The largest absolute Gasteiger partial charge is 0.497 e. The molecular weight excluding hydrogens is 286 g/mol. The predicted octanol–water partition coefficient (Wildman–Crippen LogP) is 2.04. The van der Waals surface area contributed by atoms with Crippen LogP contribution < -0.4 is 10.5 Å². The van der Waals surface area contributed by atoms with Crippen LogP contribution >= 0.6 is 0 Å². The van der Waals surface area contributed by atoms with Gasteiger partial charge in [-0.25, -0.2) is 8.42 Å². The van der Waals surface area contributed by atoms with Crippen molar-refractivity contribution < 1.29 is 13.2 Å². The summed E-state index contributed by atoms with van der Waals surface area (Å²) in [5, 5.41) is -0.646. The van der Waals surface area contributed by atoms with Gasteiger partial charge in [-0.05, 0) is 36.2 Å². The fourth-order valence-electron chi connectivity index (χ4n) is 2.18. The number of rotatable bonds is 6. The Balaban J connectivity index is 2.27. The number of methoxy groups -OCH3 is 1. The lowest BCUT2D eigenvalue weighted by molar-refractivity contribution is 0.414. The molecule has 0 aliphatic carbocycles. The van der Waals surface area contributed by atoms with E-state index in [1.54, 1.807) is 37.4 Å². The van der Waals surface area contributed by atoms with Gasteiger partial charge < -0.3 is 10.5 Å². The summed E-state index contributed by atoms with van der Waals surface area (Å²) in [6.45, 7) is 0.0778. The van der Waals surface area contributed by atoms with Crippen molar-refractivity contribution in [2.45, 2.75) is 16.6 Å². The molecule has 21 heavy (non-hydrogen) atoms. The molecule has 1 unspecified atom stereocenters. The second-order valence-corrected chi connectivity index (χ2v) is 7.00. The van der Waals surface area contributed by atoms with Crippen LogP contribution in [-0.2, 0) is 16.3 Å². The number of nitrogens with two attached hydrogens (primary N) is 1. The van der Waals surface area contributed by atoms with Gasteiger partial charge in [-0.1, -0.05) is 30.3 Å². The molecule has 0 amide bonds. The van der Waals surface area contributed by atoms with Crippen molar-refractivity contribution in [1.82, 2.24) is 0 Å². The molecule has 0 fully saturated rings. The van der Waals surface area contributed by atoms with Crippen LogP contribution in [0.1, 0.15) is 5.56 Å². The number of benzene rings is 2. The zero-order valence-corrected chi connectivity index (χ0v) is 12.7. The third kappa shape index (κ3) is 3.62. The van der Waals surface area contributed by atoms with Crippen LogP contribution in [-0.4, -0.2) is 27.3 Å². The molecule has 0 bridgehead atoms. The first-order valence-electron chi connectivity index (χ1n) is 6.70. The van der Waals surface area contributed by atoms with Gasteiger partial charge in [-0.15, -0.1) is 0 Å². The molecule has 112 valence electrons. The van der Waals surface area contributed by atoms with Gasteiger partial charge in [-0.2, -0.15) is 0 Å². The predicted molar refractivity (Wildman–Crippen MR) is 83.2 cm³/mol. The number of hydrogen-bond donors (Lipinski definition) is 1. The summed E-state index contributed by atoms with van der Waals surface area (Å²) in [6, 6.07) is 15.8. The zero-order chi connectivity index (χ0) is 15.3. The van der Waals surface area contributed by atoms with Gasteiger partial charge in [0.2, 0.25) is 0 Å². The summed E-state index contributed by atoms with van der Waals surface area (Å²) in [7, 11) is -1.85. The highest BCUT2D eigenvalue weighted by atomic mass is 32.2. The van der Waals surface area contributed by atoms with Crippen LogP contribution in [0.25, 0.3) is 0 Å². The maximum absolute atomic E-state index is 12.6. The van der Waals surface area contributed by atoms with E-state index in [-0.39, 0.29) is 6.54 Å². The van der Waals surface area contributed by atoms with Crippen molar-refractivity contribution in [3.05, 3.63) is 60.2 Å². The standard InChI is InChI=1S/C16H19NO3S/c1-20-14-7-5-6-13(10-14)11-16(12-17)21(18,19)15-8-3-2-4-9-15/h2-10,16H,11-12,17H2,1H3. The molecule has 2 aromatic carbocycles. The molecule has 0 radical (unpaired) electrons. The minimum absolute atomic E-state index is 0.0778.